The summed E-state index contributed by atoms with van der Waals surface area (Å²) < 4.78 is 21.4. The number of carboxylic acid groups (broad SMARTS) is 1. The second kappa shape index (κ2) is 6.14. The van der Waals surface area contributed by atoms with E-state index in [0.717, 1.165) is 0 Å². The molecule has 7 heteroatoms. The first-order valence-electron chi connectivity index (χ1n) is 4.35. The van der Waals surface area contributed by atoms with Crippen LogP contribution in [0.5, 0.6) is 0 Å². The van der Waals surface area contributed by atoms with Crippen molar-refractivity contribution in [1.29, 1.82) is 0 Å². The second-order valence-corrected chi connectivity index (χ2v) is 4.29. The maximum absolute atomic E-state index is 11.7. The standard InChI is InChI=1S/C7H16NO5P/c1-4-12-14(11,13-5-2)8-6(3)7(9)10/h6H,4-5H2,1-3H3,(H,8,11)(H,9,10)/t6-/m0/s1. The molecule has 0 bridgehead atoms. The molecule has 0 aromatic heterocycles. The Morgan fingerprint density at radius 2 is 1.86 bits per heavy atom. The van der Waals surface area contributed by atoms with Gasteiger partial charge in [0.1, 0.15) is 6.04 Å². The van der Waals surface area contributed by atoms with Crippen LogP contribution in [0.25, 0.3) is 0 Å². The van der Waals surface area contributed by atoms with Crippen LogP contribution in [-0.2, 0) is 18.4 Å². The minimum atomic E-state index is -3.46. The Bertz CT molecular complexity index is 222. The number of aliphatic carboxylic acids is 1. The Hall–Kier alpha value is -0.420. The van der Waals surface area contributed by atoms with Crippen molar-refractivity contribution in [2.75, 3.05) is 13.2 Å². The number of hydrogen-bond donors (Lipinski definition) is 2. The summed E-state index contributed by atoms with van der Waals surface area (Å²) in [5.74, 6) is -1.11. The van der Waals surface area contributed by atoms with Gasteiger partial charge in [-0.05, 0) is 20.8 Å². The lowest BCUT2D eigenvalue weighted by molar-refractivity contribution is -0.138. The van der Waals surface area contributed by atoms with E-state index in [1.54, 1.807) is 13.8 Å². The average molecular weight is 225 g/mol. The number of nitrogens with one attached hydrogen (secondary N) is 1. The summed E-state index contributed by atoms with van der Waals surface area (Å²) in [7, 11) is -3.46. The lowest BCUT2D eigenvalue weighted by Gasteiger charge is -2.19. The highest BCUT2D eigenvalue weighted by Gasteiger charge is 2.28. The smallest absolute Gasteiger partial charge is 0.406 e. The van der Waals surface area contributed by atoms with Crippen LogP contribution >= 0.6 is 7.75 Å². The third-order valence-corrected chi connectivity index (χ3v) is 3.22. The van der Waals surface area contributed by atoms with Gasteiger partial charge in [0.15, 0.2) is 0 Å². The monoisotopic (exact) mass is 225 g/mol. The molecule has 14 heavy (non-hydrogen) atoms. The molecule has 0 aliphatic heterocycles. The van der Waals surface area contributed by atoms with E-state index in [1.807, 2.05) is 0 Å². The predicted molar refractivity (Wildman–Crippen MR) is 51.1 cm³/mol. The fraction of sp³-hybridized carbons (Fsp3) is 0.857. The lowest BCUT2D eigenvalue weighted by Crippen LogP contribution is -2.32. The van der Waals surface area contributed by atoms with Gasteiger partial charge in [-0.25, -0.2) is 9.65 Å². The Balaban J connectivity index is 4.35. The van der Waals surface area contributed by atoms with Crippen molar-refractivity contribution in [1.82, 2.24) is 5.09 Å². The van der Waals surface area contributed by atoms with Gasteiger partial charge >= 0.3 is 13.7 Å². The SMILES string of the molecule is CCOP(=O)(N[C@@H](C)C(=O)O)OCC. The number of carboxylic acids is 1. The molecular formula is C7H16NO5P. The van der Waals surface area contributed by atoms with E-state index >= 15 is 0 Å². The van der Waals surface area contributed by atoms with Gasteiger partial charge in [-0.2, -0.15) is 0 Å². The third kappa shape index (κ3) is 4.72. The molecular weight excluding hydrogens is 209 g/mol. The van der Waals surface area contributed by atoms with Crippen molar-refractivity contribution in [2.24, 2.45) is 0 Å². The molecule has 0 heterocycles. The number of carbonyl (C=O) groups is 1. The van der Waals surface area contributed by atoms with Crippen LogP contribution in [-0.4, -0.2) is 30.3 Å². The summed E-state index contributed by atoms with van der Waals surface area (Å²) in [5, 5.41) is 10.9. The van der Waals surface area contributed by atoms with Gasteiger partial charge in [-0.3, -0.25) is 13.8 Å². The molecule has 0 aliphatic carbocycles. The molecule has 0 spiro atoms. The topological polar surface area (TPSA) is 84.9 Å². The maximum atomic E-state index is 11.7. The van der Waals surface area contributed by atoms with Gasteiger partial charge in [0.05, 0.1) is 13.2 Å². The molecule has 2 N–H and O–H groups in total. The van der Waals surface area contributed by atoms with E-state index in [9.17, 15) is 9.36 Å². The molecule has 0 saturated carbocycles. The van der Waals surface area contributed by atoms with E-state index in [-0.39, 0.29) is 13.2 Å². The fourth-order valence-corrected chi connectivity index (χ4v) is 2.23. The Morgan fingerprint density at radius 3 is 2.14 bits per heavy atom. The predicted octanol–water partition coefficient (Wildman–Crippen LogP) is 1.23. The number of rotatable bonds is 7. The van der Waals surface area contributed by atoms with Crippen molar-refractivity contribution in [3.8, 4) is 0 Å². The van der Waals surface area contributed by atoms with Crippen LogP contribution in [0.4, 0.5) is 0 Å². The highest BCUT2D eigenvalue weighted by Crippen LogP contribution is 2.43. The van der Waals surface area contributed by atoms with E-state index in [2.05, 4.69) is 5.09 Å². The van der Waals surface area contributed by atoms with Gasteiger partial charge < -0.3 is 5.11 Å². The molecule has 0 aromatic rings. The average Bonchev–Trinajstić information content (AvgIpc) is 2.04. The zero-order valence-electron chi connectivity index (χ0n) is 8.52. The second-order valence-electron chi connectivity index (χ2n) is 2.52. The van der Waals surface area contributed by atoms with Crippen LogP contribution in [0.15, 0.2) is 0 Å². The van der Waals surface area contributed by atoms with Crippen molar-refractivity contribution in [3.05, 3.63) is 0 Å². The van der Waals surface area contributed by atoms with E-state index in [4.69, 9.17) is 14.2 Å². The van der Waals surface area contributed by atoms with E-state index < -0.39 is 19.8 Å². The first-order chi connectivity index (χ1) is 6.45. The van der Waals surface area contributed by atoms with Crippen LogP contribution < -0.4 is 5.09 Å². The summed E-state index contributed by atoms with van der Waals surface area (Å²) in [6.07, 6.45) is 0. The lowest BCUT2D eigenvalue weighted by atomic mass is 10.4. The molecule has 0 saturated heterocycles. The van der Waals surface area contributed by atoms with Gasteiger partial charge in [0.25, 0.3) is 0 Å². The zero-order chi connectivity index (χ0) is 11.2. The van der Waals surface area contributed by atoms with Gasteiger partial charge in [-0.15, -0.1) is 0 Å². The summed E-state index contributed by atoms with van der Waals surface area (Å²) in [6.45, 7) is 5.05. The summed E-state index contributed by atoms with van der Waals surface area (Å²) in [6, 6.07) is -0.973. The Labute approximate surface area is 83.2 Å². The third-order valence-electron chi connectivity index (χ3n) is 1.32. The summed E-state index contributed by atoms with van der Waals surface area (Å²) in [5.41, 5.74) is 0. The first-order valence-corrected chi connectivity index (χ1v) is 5.89. The molecule has 1 atom stereocenters. The van der Waals surface area contributed by atoms with Gasteiger partial charge in [-0.1, -0.05) is 0 Å². The molecule has 0 aromatic carbocycles. The van der Waals surface area contributed by atoms with Crippen molar-refractivity contribution in [3.63, 3.8) is 0 Å². The quantitative estimate of drug-likeness (QED) is 0.634. The maximum Gasteiger partial charge on any atom is 0.406 e. The molecule has 0 amide bonds. The molecule has 0 aliphatic rings. The van der Waals surface area contributed by atoms with Crippen LogP contribution in [0.1, 0.15) is 20.8 Å². The summed E-state index contributed by atoms with van der Waals surface area (Å²) >= 11 is 0. The first kappa shape index (κ1) is 13.6. The van der Waals surface area contributed by atoms with Gasteiger partial charge in [0, 0.05) is 0 Å². The zero-order valence-corrected chi connectivity index (χ0v) is 9.41. The minimum Gasteiger partial charge on any atom is -0.480 e. The molecule has 0 radical (unpaired) electrons. The summed E-state index contributed by atoms with van der Waals surface area (Å²) in [4.78, 5) is 10.5. The largest absolute Gasteiger partial charge is 0.480 e. The van der Waals surface area contributed by atoms with Crippen LogP contribution in [0.2, 0.25) is 0 Å². The number of hydrogen-bond acceptors (Lipinski definition) is 4. The Morgan fingerprint density at radius 1 is 1.43 bits per heavy atom. The molecule has 0 fully saturated rings. The van der Waals surface area contributed by atoms with Crippen molar-refractivity contribution >= 4 is 13.7 Å². The highest BCUT2D eigenvalue weighted by molar-refractivity contribution is 7.51. The van der Waals surface area contributed by atoms with Crippen molar-refractivity contribution in [2.45, 2.75) is 26.8 Å². The van der Waals surface area contributed by atoms with E-state index in [1.165, 1.54) is 6.92 Å². The van der Waals surface area contributed by atoms with Crippen LogP contribution in [0.3, 0.4) is 0 Å². The molecule has 0 unspecified atom stereocenters. The van der Waals surface area contributed by atoms with Gasteiger partial charge in [0.2, 0.25) is 0 Å². The normalized spacial score (nSPS) is 13.9. The molecule has 84 valence electrons. The Kier molecular flexibility index (Phi) is 5.95. The van der Waals surface area contributed by atoms with E-state index in [0.29, 0.717) is 0 Å². The van der Waals surface area contributed by atoms with Crippen molar-refractivity contribution < 1.29 is 23.5 Å². The molecule has 0 rings (SSSR count). The van der Waals surface area contributed by atoms with Crippen LogP contribution in [0, 0.1) is 0 Å². The molecule has 6 nitrogen and oxygen atoms in total. The highest BCUT2D eigenvalue weighted by atomic mass is 31.2. The minimum absolute atomic E-state index is 0.191. The fourth-order valence-electron chi connectivity index (χ4n) is 0.744.